The molecule has 0 bridgehead atoms. The second-order valence-electron chi connectivity index (χ2n) is 9.04. The van der Waals surface area contributed by atoms with Crippen molar-refractivity contribution in [3.8, 4) is 11.8 Å². The van der Waals surface area contributed by atoms with Gasteiger partial charge in [-0.05, 0) is 55.3 Å². The number of carboxylic acids is 1. The molecule has 1 aliphatic heterocycles. The van der Waals surface area contributed by atoms with Crippen molar-refractivity contribution in [2.75, 3.05) is 20.1 Å². The largest absolute Gasteiger partial charge is 0.480 e. The number of nitrogens with zero attached hydrogens (tertiary/aromatic N) is 2. The van der Waals surface area contributed by atoms with Crippen LogP contribution in [-0.4, -0.2) is 59.0 Å². The predicted octanol–water partition coefficient (Wildman–Crippen LogP) is 4.39. The van der Waals surface area contributed by atoms with E-state index in [4.69, 9.17) is 0 Å². The Morgan fingerprint density at radius 2 is 1.58 bits per heavy atom. The third kappa shape index (κ3) is 5.99. The van der Waals surface area contributed by atoms with E-state index in [1.807, 2.05) is 72.6 Å². The van der Waals surface area contributed by atoms with Crippen LogP contribution in [0.25, 0.3) is 0 Å². The number of piperidine rings is 1. The fraction of sp³-hybridized carbons (Fsp3) is 0.267. The number of aliphatic carboxylic acids is 1. The van der Waals surface area contributed by atoms with Crippen LogP contribution in [0.1, 0.15) is 35.4 Å². The minimum Gasteiger partial charge on any atom is -0.480 e. The minimum atomic E-state index is -1.00. The maximum absolute atomic E-state index is 13.8. The van der Waals surface area contributed by atoms with Gasteiger partial charge in [0.15, 0.2) is 0 Å². The lowest BCUT2D eigenvalue weighted by Gasteiger charge is -2.41. The number of halogens is 1. The summed E-state index contributed by atoms with van der Waals surface area (Å²) in [5, 5.41) is 10.1. The van der Waals surface area contributed by atoms with Crippen molar-refractivity contribution in [2.24, 2.45) is 0 Å². The average Bonchev–Trinajstić information content (AvgIpc) is 2.90. The molecule has 184 valence electrons. The summed E-state index contributed by atoms with van der Waals surface area (Å²) in [5.74, 6) is 4.03. The predicted molar refractivity (Wildman–Crippen MR) is 137 cm³/mol. The van der Waals surface area contributed by atoms with Crippen LogP contribution in [0.4, 0.5) is 4.39 Å². The van der Waals surface area contributed by atoms with Gasteiger partial charge < -0.3 is 10.0 Å². The Bertz CT molecular complexity index is 1200. The number of amides is 1. The summed E-state index contributed by atoms with van der Waals surface area (Å²) >= 11 is 0. The summed E-state index contributed by atoms with van der Waals surface area (Å²) in [5.41, 5.74) is 2.41. The van der Waals surface area contributed by atoms with Crippen molar-refractivity contribution in [3.63, 3.8) is 0 Å². The maximum Gasteiger partial charge on any atom is 0.326 e. The van der Waals surface area contributed by atoms with Gasteiger partial charge in [0.1, 0.15) is 11.9 Å². The molecule has 0 radical (unpaired) electrons. The van der Waals surface area contributed by atoms with Crippen LogP contribution in [0, 0.1) is 17.7 Å². The molecule has 4 rings (SSSR count). The Morgan fingerprint density at radius 3 is 2.14 bits per heavy atom. The van der Waals surface area contributed by atoms with Gasteiger partial charge in [-0.25, -0.2) is 9.18 Å². The molecule has 0 aromatic heterocycles. The van der Waals surface area contributed by atoms with Crippen LogP contribution in [0.5, 0.6) is 0 Å². The highest BCUT2D eigenvalue weighted by atomic mass is 19.1. The van der Waals surface area contributed by atoms with Gasteiger partial charge in [0.05, 0.1) is 12.5 Å². The summed E-state index contributed by atoms with van der Waals surface area (Å²) in [6, 6.07) is 24.0. The molecular weight excluding hydrogens is 455 g/mol. The molecule has 6 heteroatoms. The summed E-state index contributed by atoms with van der Waals surface area (Å²) in [4.78, 5) is 29.7. The molecule has 2 unspecified atom stereocenters. The Labute approximate surface area is 211 Å². The summed E-state index contributed by atoms with van der Waals surface area (Å²) in [6.45, 7) is 0.797. The van der Waals surface area contributed by atoms with Crippen LogP contribution in [-0.2, 0) is 9.59 Å². The first kappa shape index (κ1) is 25.2. The molecule has 0 saturated carbocycles. The molecule has 1 N–H and O–H groups in total. The molecule has 1 aliphatic rings. The Morgan fingerprint density at radius 1 is 1.00 bits per heavy atom. The first-order chi connectivity index (χ1) is 17.4. The van der Waals surface area contributed by atoms with E-state index in [-0.39, 0.29) is 17.8 Å². The van der Waals surface area contributed by atoms with E-state index in [2.05, 4.69) is 11.8 Å². The van der Waals surface area contributed by atoms with Crippen LogP contribution in [0.15, 0.2) is 84.9 Å². The monoisotopic (exact) mass is 484 g/mol. The lowest BCUT2D eigenvalue weighted by atomic mass is 9.87. The topological polar surface area (TPSA) is 60.9 Å². The van der Waals surface area contributed by atoms with Crippen molar-refractivity contribution in [3.05, 3.63) is 107 Å². The number of benzene rings is 3. The fourth-order valence-corrected chi connectivity index (χ4v) is 4.71. The van der Waals surface area contributed by atoms with Crippen molar-refractivity contribution in [1.29, 1.82) is 0 Å². The molecule has 36 heavy (non-hydrogen) atoms. The first-order valence-corrected chi connectivity index (χ1v) is 12.0. The van der Waals surface area contributed by atoms with E-state index in [0.717, 1.165) is 16.7 Å². The molecule has 0 aliphatic carbocycles. The average molecular weight is 485 g/mol. The molecule has 1 heterocycles. The highest BCUT2D eigenvalue weighted by Crippen LogP contribution is 2.31. The van der Waals surface area contributed by atoms with Crippen molar-refractivity contribution in [2.45, 2.75) is 30.8 Å². The lowest BCUT2D eigenvalue weighted by molar-refractivity contribution is -0.153. The van der Waals surface area contributed by atoms with Gasteiger partial charge in [0.2, 0.25) is 5.91 Å². The number of carbonyl (C=O) groups excluding carboxylic acids is 1. The highest BCUT2D eigenvalue weighted by molar-refractivity contribution is 5.91. The van der Waals surface area contributed by atoms with Crippen molar-refractivity contribution >= 4 is 11.9 Å². The lowest BCUT2D eigenvalue weighted by Crippen LogP contribution is -2.55. The van der Waals surface area contributed by atoms with Gasteiger partial charge in [-0.3, -0.25) is 9.69 Å². The van der Waals surface area contributed by atoms with Gasteiger partial charge in [0, 0.05) is 18.2 Å². The van der Waals surface area contributed by atoms with Crippen molar-refractivity contribution in [1.82, 2.24) is 9.80 Å². The van der Waals surface area contributed by atoms with E-state index < -0.39 is 17.9 Å². The minimum absolute atomic E-state index is 0.0235. The van der Waals surface area contributed by atoms with Gasteiger partial charge >= 0.3 is 5.97 Å². The maximum atomic E-state index is 13.8. The second kappa shape index (κ2) is 11.7. The molecule has 2 atom stereocenters. The van der Waals surface area contributed by atoms with Gasteiger partial charge in [-0.1, -0.05) is 72.5 Å². The molecule has 3 aromatic rings. The quantitative estimate of drug-likeness (QED) is 0.528. The van der Waals surface area contributed by atoms with Gasteiger partial charge in [0.25, 0.3) is 0 Å². The first-order valence-electron chi connectivity index (χ1n) is 12.0. The highest BCUT2D eigenvalue weighted by Gasteiger charge is 2.40. The standard InChI is InChI=1S/C30H29FN2O3/c1-32(19-8-9-22-14-16-25(31)17-15-22)26-18-20-33(27(21-26)30(35)36)29(34)28(23-10-4-2-5-11-23)24-12-6-3-7-13-24/h2-7,10-17,26-28H,18-21H2,1H3,(H,35,36). The number of hydrogen-bond donors (Lipinski definition) is 1. The smallest absolute Gasteiger partial charge is 0.326 e. The molecule has 1 amide bonds. The van der Waals surface area contributed by atoms with Crippen molar-refractivity contribution < 1.29 is 19.1 Å². The van der Waals surface area contributed by atoms with Gasteiger partial charge in [-0.2, -0.15) is 0 Å². The fourth-order valence-electron chi connectivity index (χ4n) is 4.71. The van der Waals surface area contributed by atoms with Crippen LogP contribution in [0.3, 0.4) is 0 Å². The Hall–Kier alpha value is -3.95. The Balaban J connectivity index is 1.49. The second-order valence-corrected chi connectivity index (χ2v) is 9.04. The summed E-state index contributed by atoms with van der Waals surface area (Å²) in [7, 11) is 1.91. The number of rotatable bonds is 6. The third-order valence-electron chi connectivity index (χ3n) is 6.68. The van der Waals surface area contributed by atoms with E-state index >= 15 is 0 Å². The number of carbonyl (C=O) groups is 2. The molecule has 1 fully saturated rings. The summed E-state index contributed by atoms with van der Waals surface area (Å²) in [6.07, 6.45) is 0.979. The van der Waals surface area contributed by atoms with Gasteiger partial charge in [-0.15, -0.1) is 0 Å². The zero-order valence-corrected chi connectivity index (χ0v) is 20.2. The van der Waals surface area contributed by atoms with Crippen LogP contribution < -0.4 is 0 Å². The zero-order chi connectivity index (χ0) is 25.5. The molecule has 1 saturated heterocycles. The Kier molecular flexibility index (Phi) is 8.14. The number of hydrogen-bond acceptors (Lipinski definition) is 3. The summed E-state index contributed by atoms with van der Waals surface area (Å²) < 4.78 is 13.1. The zero-order valence-electron chi connectivity index (χ0n) is 20.2. The molecule has 0 spiro atoms. The molecular formula is C30H29FN2O3. The SMILES string of the molecule is CN(CC#Cc1ccc(F)cc1)C1CCN(C(=O)C(c2ccccc2)c2ccccc2)C(C(=O)O)C1. The number of likely N-dealkylation sites (tertiary alicyclic amines) is 1. The third-order valence-corrected chi connectivity index (χ3v) is 6.68. The van der Waals surface area contributed by atoms with E-state index in [0.29, 0.717) is 25.9 Å². The molecule has 3 aromatic carbocycles. The normalized spacial score (nSPS) is 17.5. The van der Waals surface area contributed by atoms with E-state index in [1.165, 1.54) is 17.0 Å². The van der Waals surface area contributed by atoms with Crippen LogP contribution >= 0.6 is 0 Å². The van der Waals surface area contributed by atoms with E-state index in [9.17, 15) is 19.1 Å². The van der Waals surface area contributed by atoms with Crippen LogP contribution in [0.2, 0.25) is 0 Å². The number of carboxylic acid groups (broad SMARTS) is 1. The molecule has 5 nitrogen and oxygen atoms in total. The van der Waals surface area contributed by atoms with E-state index in [1.54, 1.807) is 12.1 Å².